The predicted molar refractivity (Wildman–Crippen MR) is 107 cm³/mol. The van der Waals surface area contributed by atoms with E-state index in [4.69, 9.17) is 28.2 Å². The zero-order chi connectivity index (χ0) is 19.4. The Morgan fingerprint density at radius 2 is 1.96 bits per heavy atom. The molecule has 3 aromatic rings. The van der Waals surface area contributed by atoms with Crippen LogP contribution in [0.1, 0.15) is 5.56 Å². The lowest BCUT2D eigenvalue weighted by Crippen LogP contribution is -3.09. The highest BCUT2D eigenvalue weighted by molar-refractivity contribution is 7.71. The van der Waals surface area contributed by atoms with Crippen molar-refractivity contribution in [3.05, 3.63) is 64.0 Å². The van der Waals surface area contributed by atoms with E-state index in [2.05, 4.69) is 10.4 Å². The number of carbonyl (C=O) groups excluding carboxylic acids is 1. The van der Waals surface area contributed by atoms with Crippen LogP contribution in [0.5, 0.6) is 0 Å². The summed E-state index contributed by atoms with van der Waals surface area (Å²) in [5.74, 6) is 0.322. The van der Waals surface area contributed by atoms with E-state index in [0.29, 0.717) is 23.3 Å². The van der Waals surface area contributed by atoms with E-state index in [1.54, 1.807) is 16.8 Å². The average Bonchev–Trinajstić information content (AvgIpc) is 2.98. The quantitative estimate of drug-likeness (QED) is 0.621. The molecule has 0 spiro atoms. The van der Waals surface area contributed by atoms with Crippen LogP contribution in [-0.2, 0) is 11.5 Å². The first-order valence-corrected chi connectivity index (χ1v) is 9.21. The first-order valence-electron chi connectivity index (χ1n) is 8.43. The summed E-state index contributed by atoms with van der Waals surface area (Å²) in [7, 11) is 1.88. The molecule has 1 amide bonds. The maximum atomic E-state index is 12.2. The van der Waals surface area contributed by atoms with Crippen molar-refractivity contribution in [3.8, 4) is 11.5 Å². The highest BCUT2D eigenvalue weighted by Crippen LogP contribution is 2.20. The van der Waals surface area contributed by atoms with Crippen LogP contribution in [0.25, 0.3) is 11.5 Å². The van der Waals surface area contributed by atoms with E-state index < -0.39 is 0 Å². The Balaban J connectivity index is 1.63. The fraction of sp³-hybridized carbons (Fsp3) is 0.211. The van der Waals surface area contributed by atoms with Crippen LogP contribution in [0.3, 0.4) is 0 Å². The number of halogens is 1. The monoisotopic (exact) mass is 403 g/mol. The molecule has 27 heavy (non-hydrogen) atoms. The molecule has 3 rings (SSSR count). The van der Waals surface area contributed by atoms with Crippen LogP contribution in [0.2, 0.25) is 5.02 Å². The third-order valence-corrected chi connectivity index (χ3v) is 4.56. The van der Waals surface area contributed by atoms with E-state index in [9.17, 15) is 4.79 Å². The zero-order valence-corrected chi connectivity index (χ0v) is 16.6. The number of nitrogens with one attached hydrogen (secondary N) is 2. The Labute approximate surface area is 167 Å². The fourth-order valence-corrected chi connectivity index (χ4v) is 2.93. The molecule has 8 heteroatoms. The SMILES string of the molecule is Cc1ccc(-c2nn(C[NH+](C)CC(=O)Nc3ccccc3Cl)c(=S)o2)cc1. The van der Waals surface area contributed by atoms with Gasteiger partial charge in [0.05, 0.1) is 17.8 Å². The minimum absolute atomic E-state index is 0.144. The van der Waals surface area contributed by atoms with Crippen LogP contribution < -0.4 is 10.2 Å². The summed E-state index contributed by atoms with van der Waals surface area (Å²) in [6.45, 7) is 2.66. The number of carbonyl (C=O) groups is 1. The summed E-state index contributed by atoms with van der Waals surface area (Å²) in [5, 5.41) is 7.74. The molecule has 0 aliphatic carbocycles. The molecule has 0 bridgehead atoms. The van der Waals surface area contributed by atoms with Gasteiger partial charge in [-0.25, -0.2) is 0 Å². The molecule has 140 valence electrons. The van der Waals surface area contributed by atoms with Gasteiger partial charge in [-0.3, -0.25) is 4.79 Å². The largest absolute Gasteiger partial charge is 0.409 e. The highest BCUT2D eigenvalue weighted by Gasteiger charge is 2.15. The van der Waals surface area contributed by atoms with Gasteiger partial charge in [-0.1, -0.05) is 41.4 Å². The van der Waals surface area contributed by atoms with E-state index in [1.807, 2.05) is 50.4 Å². The predicted octanol–water partition coefficient (Wildman–Crippen LogP) is 2.95. The summed E-state index contributed by atoms with van der Waals surface area (Å²) < 4.78 is 7.18. The molecule has 1 heterocycles. The van der Waals surface area contributed by atoms with E-state index in [1.165, 1.54) is 0 Å². The van der Waals surface area contributed by atoms with Crippen LogP contribution in [0.4, 0.5) is 5.69 Å². The first kappa shape index (κ1) is 19.3. The summed E-state index contributed by atoms with van der Waals surface area (Å²) in [4.78, 5) is 13.4. The van der Waals surface area contributed by atoms with Crippen molar-refractivity contribution in [2.24, 2.45) is 0 Å². The molecule has 0 radical (unpaired) electrons. The average molecular weight is 404 g/mol. The maximum Gasteiger partial charge on any atom is 0.292 e. The van der Waals surface area contributed by atoms with Crippen molar-refractivity contribution >= 4 is 35.4 Å². The third kappa shape index (κ3) is 5.03. The Kier molecular flexibility index (Phi) is 6.05. The number of amides is 1. The van der Waals surface area contributed by atoms with Gasteiger partial charge < -0.3 is 14.6 Å². The molecule has 1 atom stereocenters. The third-order valence-electron chi connectivity index (χ3n) is 3.93. The molecular weight excluding hydrogens is 384 g/mol. The number of quaternary nitrogens is 1. The van der Waals surface area contributed by atoms with Gasteiger partial charge >= 0.3 is 0 Å². The number of likely N-dealkylation sites (N-methyl/N-ethyl adjacent to an activating group) is 1. The van der Waals surface area contributed by atoms with Gasteiger partial charge in [0.2, 0.25) is 5.89 Å². The van der Waals surface area contributed by atoms with Gasteiger partial charge in [0.1, 0.15) is 0 Å². The summed E-state index contributed by atoms with van der Waals surface area (Å²) in [6.07, 6.45) is 0. The molecular formula is C19H20ClN4O2S+. The van der Waals surface area contributed by atoms with Crippen molar-refractivity contribution in [2.45, 2.75) is 13.6 Å². The maximum absolute atomic E-state index is 12.2. The van der Waals surface area contributed by atoms with E-state index in [-0.39, 0.29) is 17.3 Å². The number of rotatable bonds is 6. The number of anilines is 1. The molecule has 2 aromatic carbocycles. The molecule has 0 aliphatic rings. The molecule has 6 nitrogen and oxygen atoms in total. The second-order valence-corrected chi connectivity index (χ2v) is 7.12. The number of hydrogen-bond acceptors (Lipinski definition) is 4. The molecule has 1 unspecified atom stereocenters. The Morgan fingerprint density at radius 1 is 1.26 bits per heavy atom. The highest BCUT2D eigenvalue weighted by atomic mass is 35.5. The van der Waals surface area contributed by atoms with Crippen molar-refractivity contribution < 1.29 is 14.1 Å². The van der Waals surface area contributed by atoms with Gasteiger partial charge in [0.25, 0.3) is 10.7 Å². The lowest BCUT2D eigenvalue weighted by Gasteiger charge is -2.13. The van der Waals surface area contributed by atoms with Crippen LogP contribution in [0, 0.1) is 11.8 Å². The number of aryl methyl sites for hydroxylation is 1. The van der Waals surface area contributed by atoms with Crippen LogP contribution in [0.15, 0.2) is 52.9 Å². The molecule has 0 saturated heterocycles. The number of benzene rings is 2. The number of para-hydroxylation sites is 1. The Bertz CT molecular complexity index is 997. The van der Waals surface area contributed by atoms with Gasteiger partial charge in [0, 0.05) is 5.56 Å². The molecule has 1 aromatic heterocycles. The van der Waals surface area contributed by atoms with Crippen molar-refractivity contribution in [3.63, 3.8) is 0 Å². The van der Waals surface area contributed by atoms with E-state index in [0.717, 1.165) is 16.0 Å². The summed E-state index contributed by atoms with van der Waals surface area (Å²) in [5.41, 5.74) is 2.61. The molecule has 0 aliphatic heterocycles. The lowest BCUT2D eigenvalue weighted by molar-refractivity contribution is -0.895. The van der Waals surface area contributed by atoms with Crippen LogP contribution >= 0.6 is 23.8 Å². The van der Waals surface area contributed by atoms with Gasteiger partial charge in [-0.2, -0.15) is 4.68 Å². The van der Waals surface area contributed by atoms with Crippen molar-refractivity contribution in [2.75, 3.05) is 18.9 Å². The fourth-order valence-electron chi connectivity index (χ4n) is 2.56. The number of hydrogen-bond donors (Lipinski definition) is 2. The summed E-state index contributed by atoms with van der Waals surface area (Å²) in [6, 6.07) is 15.0. The van der Waals surface area contributed by atoms with Gasteiger partial charge in [0.15, 0.2) is 13.2 Å². The zero-order valence-electron chi connectivity index (χ0n) is 15.0. The second-order valence-electron chi connectivity index (χ2n) is 6.36. The normalized spacial score (nSPS) is 12.0. The van der Waals surface area contributed by atoms with Crippen LogP contribution in [-0.4, -0.2) is 29.3 Å². The summed E-state index contributed by atoms with van der Waals surface area (Å²) >= 11 is 11.3. The van der Waals surface area contributed by atoms with E-state index >= 15 is 0 Å². The minimum atomic E-state index is -0.144. The lowest BCUT2D eigenvalue weighted by atomic mass is 10.1. The molecule has 2 N–H and O–H groups in total. The number of nitrogens with zero attached hydrogens (tertiary/aromatic N) is 2. The minimum Gasteiger partial charge on any atom is -0.409 e. The van der Waals surface area contributed by atoms with Gasteiger partial charge in [-0.15, -0.1) is 5.10 Å². The Morgan fingerprint density at radius 3 is 2.67 bits per heavy atom. The topological polar surface area (TPSA) is 64.5 Å². The van der Waals surface area contributed by atoms with Crippen molar-refractivity contribution in [1.82, 2.24) is 9.78 Å². The second kappa shape index (κ2) is 8.47. The Hall–Kier alpha value is -2.48. The molecule has 0 saturated carbocycles. The smallest absolute Gasteiger partial charge is 0.292 e. The van der Waals surface area contributed by atoms with Crippen molar-refractivity contribution in [1.29, 1.82) is 0 Å². The standard InChI is InChI=1S/C19H19ClN4O2S/c1-13-7-9-14(10-8-13)18-22-24(19(27)26-18)12-23(2)11-17(25)21-16-6-4-3-5-15(16)20/h3-10H,11-12H2,1-2H3,(H,21,25)/p+1. The first-order chi connectivity index (χ1) is 12.9. The molecule has 0 fully saturated rings. The van der Waals surface area contributed by atoms with Gasteiger partial charge in [-0.05, 0) is 43.4 Å². The number of aromatic nitrogens is 2.